The summed E-state index contributed by atoms with van der Waals surface area (Å²) >= 11 is 0. The first-order valence-corrected chi connectivity index (χ1v) is 10.8. The van der Waals surface area contributed by atoms with Crippen molar-refractivity contribution in [3.05, 3.63) is 72.3 Å². The molecule has 33 heavy (non-hydrogen) atoms. The lowest BCUT2D eigenvalue weighted by Gasteiger charge is -2.34. The zero-order valence-electron chi connectivity index (χ0n) is 17.8. The summed E-state index contributed by atoms with van der Waals surface area (Å²) < 4.78 is 0. The number of aromatic nitrogens is 3. The number of benzene rings is 1. The van der Waals surface area contributed by atoms with Gasteiger partial charge >= 0.3 is 0 Å². The number of amides is 2. The Kier molecular flexibility index (Phi) is 5.52. The predicted octanol–water partition coefficient (Wildman–Crippen LogP) is 1.60. The van der Waals surface area contributed by atoms with E-state index in [9.17, 15) is 14.4 Å². The molecular weight excluding hydrogens is 420 g/mol. The van der Waals surface area contributed by atoms with Crippen LogP contribution in [0.4, 0.5) is 5.69 Å². The molecule has 1 fully saturated rings. The van der Waals surface area contributed by atoms with Crippen LogP contribution in [-0.2, 0) is 9.59 Å². The lowest BCUT2D eigenvalue weighted by molar-refractivity contribution is -0.146. The van der Waals surface area contributed by atoms with E-state index < -0.39 is 17.6 Å². The van der Waals surface area contributed by atoms with E-state index in [1.807, 2.05) is 18.2 Å². The molecule has 4 heterocycles. The highest BCUT2D eigenvalue weighted by Gasteiger charge is 2.37. The molecular formula is C24H22N6O3. The van der Waals surface area contributed by atoms with Gasteiger partial charge in [-0.15, -0.1) is 0 Å². The maximum atomic E-state index is 13.1. The minimum Gasteiger partial charge on any atom is -0.382 e. The van der Waals surface area contributed by atoms with Crippen LogP contribution in [0.15, 0.2) is 61.2 Å². The molecule has 2 aliphatic heterocycles. The van der Waals surface area contributed by atoms with Crippen molar-refractivity contribution in [1.29, 1.82) is 0 Å². The molecule has 1 saturated heterocycles. The van der Waals surface area contributed by atoms with Crippen LogP contribution >= 0.6 is 0 Å². The van der Waals surface area contributed by atoms with Gasteiger partial charge < -0.3 is 15.1 Å². The van der Waals surface area contributed by atoms with Crippen LogP contribution in [0.25, 0.3) is 11.4 Å². The largest absolute Gasteiger partial charge is 0.382 e. The summed E-state index contributed by atoms with van der Waals surface area (Å²) in [5.74, 6) is -1.62. The van der Waals surface area contributed by atoms with Gasteiger partial charge in [0.2, 0.25) is 5.78 Å². The van der Waals surface area contributed by atoms with Crippen LogP contribution in [0.2, 0.25) is 0 Å². The molecule has 2 aromatic heterocycles. The van der Waals surface area contributed by atoms with Crippen molar-refractivity contribution >= 4 is 23.3 Å². The predicted molar refractivity (Wildman–Crippen MR) is 120 cm³/mol. The number of rotatable bonds is 4. The second kappa shape index (κ2) is 8.78. The van der Waals surface area contributed by atoms with E-state index in [1.165, 1.54) is 0 Å². The molecule has 0 saturated carbocycles. The Labute approximate surface area is 190 Å². The number of fused-ring (bicyclic) bond motifs is 1. The summed E-state index contributed by atoms with van der Waals surface area (Å²) in [7, 11) is 0. The maximum absolute atomic E-state index is 13.1. The highest BCUT2D eigenvalue weighted by molar-refractivity contribution is 6.38. The standard InChI is InChI=1S/C24H22N6O3/c31-22(18-14-28-20-17(18)6-7-27-21(20)19-15-25-8-9-26-19)24(33)30-12-10-29(11-13-30)23(32)16-4-2-1-3-5-16/h1-9,15,18,28H,10-14H2. The molecule has 1 N–H and O–H groups in total. The molecule has 0 spiro atoms. The maximum Gasteiger partial charge on any atom is 0.290 e. The smallest absolute Gasteiger partial charge is 0.290 e. The molecule has 2 amide bonds. The van der Waals surface area contributed by atoms with Gasteiger partial charge in [0.15, 0.2) is 0 Å². The van der Waals surface area contributed by atoms with Crippen molar-refractivity contribution in [2.75, 3.05) is 38.0 Å². The van der Waals surface area contributed by atoms with Crippen LogP contribution in [0, 0.1) is 0 Å². The minimum atomic E-state index is -0.588. The topological polar surface area (TPSA) is 108 Å². The summed E-state index contributed by atoms with van der Waals surface area (Å²) in [6, 6.07) is 10.8. The molecule has 3 aromatic rings. The monoisotopic (exact) mass is 442 g/mol. The quantitative estimate of drug-likeness (QED) is 0.612. The summed E-state index contributed by atoms with van der Waals surface area (Å²) in [4.78, 5) is 54.8. The van der Waals surface area contributed by atoms with E-state index >= 15 is 0 Å². The van der Waals surface area contributed by atoms with Crippen LogP contribution in [0.5, 0.6) is 0 Å². The van der Waals surface area contributed by atoms with Gasteiger partial charge in [-0.1, -0.05) is 18.2 Å². The average molecular weight is 442 g/mol. The summed E-state index contributed by atoms with van der Waals surface area (Å²) in [5.41, 5.74) is 3.27. The van der Waals surface area contributed by atoms with E-state index in [2.05, 4.69) is 20.3 Å². The lowest BCUT2D eigenvalue weighted by Crippen LogP contribution is -2.52. The first-order chi connectivity index (χ1) is 16.1. The van der Waals surface area contributed by atoms with Gasteiger partial charge in [0.1, 0.15) is 11.4 Å². The molecule has 5 rings (SSSR count). The number of carbonyl (C=O) groups excluding carboxylic acids is 3. The highest BCUT2D eigenvalue weighted by atomic mass is 16.2. The van der Waals surface area contributed by atoms with Crippen LogP contribution in [0.3, 0.4) is 0 Å². The first kappa shape index (κ1) is 20.7. The van der Waals surface area contributed by atoms with Gasteiger partial charge in [-0.25, -0.2) is 0 Å². The SMILES string of the molecule is O=C(C(=O)N1CCN(C(=O)c2ccccc2)CC1)C1CNc2c1ccnc2-c1cnccn1. The molecule has 1 atom stereocenters. The number of nitrogens with zero attached hydrogens (tertiary/aromatic N) is 5. The third kappa shape index (κ3) is 3.93. The molecule has 9 heteroatoms. The number of pyridine rings is 1. The van der Waals surface area contributed by atoms with Crippen LogP contribution in [-0.4, -0.2) is 75.1 Å². The Morgan fingerprint density at radius 2 is 1.64 bits per heavy atom. The Balaban J connectivity index is 1.27. The molecule has 0 radical (unpaired) electrons. The summed E-state index contributed by atoms with van der Waals surface area (Å²) in [6.07, 6.45) is 6.40. The average Bonchev–Trinajstić information content (AvgIpc) is 3.33. The molecule has 166 valence electrons. The number of carbonyl (C=O) groups is 3. The first-order valence-electron chi connectivity index (χ1n) is 10.8. The Morgan fingerprint density at radius 1 is 0.879 bits per heavy atom. The fourth-order valence-electron chi connectivity index (χ4n) is 4.30. The van der Waals surface area contributed by atoms with Gasteiger partial charge in [0.05, 0.1) is 17.8 Å². The number of anilines is 1. The molecule has 9 nitrogen and oxygen atoms in total. The van der Waals surface area contributed by atoms with Crippen molar-refractivity contribution in [2.24, 2.45) is 0 Å². The van der Waals surface area contributed by atoms with E-state index in [-0.39, 0.29) is 5.91 Å². The Morgan fingerprint density at radius 3 is 2.36 bits per heavy atom. The van der Waals surface area contributed by atoms with Crippen molar-refractivity contribution in [2.45, 2.75) is 5.92 Å². The van der Waals surface area contributed by atoms with E-state index in [4.69, 9.17) is 0 Å². The van der Waals surface area contributed by atoms with E-state index in [0.29, 0.717) is 55.4 Å². The highest BCUT2D eigenvalue weighted by Crippen LogP contribution is 2.37. The number of Topliss-reactive ketones (excluding diaryl/α,β-unsaturated/α-hetero) is 1. The second-order valence-corrected chi connectivity index (χ2v) is 7.96. The van der Waals surface area contributed by atoms with Crippen molar-refractivity contribution < 1.29 is 14.4 Å². The zero-order chi connectivity index (χ0) is 22.8. The molecule has 0 aliphatic carbocycles. The zero-order valence-corrected chi connectivity index (χ0v) is 17.8. The lowest BCUT2D eigenvalue weighted by atomic mass is 9.95. The summed E-state index contributed by atoms with van der Waals surface area (Å²) in [5, 5.41) is 3.22. The normalized spacial score (nSPS) is 17.3. The van der Waals surface area contributed by atoms with E-state index in [0.717, 1.165) is 5.56 Å². The second-order valence-electron chi connectivity index (χ2n) is 7.96. The third-order valence-corrected chi connectivity index (χ3v) is 6.05. The van der Waals surface area contributed by atoms with Gasteiger partial charge in [-0.2, -0.15) is 0 Å². The number of ketones is 1. The van der Waals surface area contributed by atoms with Gasteiger partial charge in [-0.05, 0) is 23.8 Å². The number of piperazine rings is 1. The third-order valence-electron chi connectivity index (χ3n) is 6.05. The van der Waals surface area contributed by atoms with Crippen LogP contribution in [0.1, 0.15) is 21.8 Å². The van der Waals surface area contributed by atoms with Gasteiger partial charge in [0, 0.05) is 56.9 Å². The minimum absolute atomic E-state index is 0.0630. The van der Waals surface area contributed by atoms with Gasteiger partial charge in [0.25, 0.3) is 11.8 Å². The van der Waals surface area contributed by atoms with Crippen LogP contribution < -0.4 is 5.32 Å². The molecule has 2 aliphatic rings. The molecule has 1 aromatic carbocycles. The van der Waals surface area contributed by atoms with Gasteiger partial charge in [-0.3, -0.25) is 29.3 Å². The molecule has 1 unspecified atom stereocenters. The van der Waals surface area contributed by atoms with E-state index in [1.54, 1.807) is 52.8 Å². The fourth-order valence-corrected chi connectivity index (χ4v) is 4.30. The Hall–Kier alpha value is -4.14. The fraction of sp³-hybridized carbons (Fsp3) is 0.250. The molecule has 0 bridgehead atoms. The van der Waals surface area contributed by atoms with Crippen molar-refractivity contribution in [3.8, 4) is 11.4 Å². The number of hydrogen-bond acceptors (Lipinski definition) is 7. The summed E-state index contributed by atoms with van der Waals surface area (Å²) in [6.45, 7) is 1.78. The Bertz CT molecular complexity index is 1190. The van der Waals surface area contributed by atoms with Crippen molar-refractivity contribution in [1.82, 2.24) is 24.8 Å². The number of nitrogens with one attached hydrogen (secondary N) is 1. The van der Waals surface area contributed by atoms with Crippen molar-refractivity contribution in [3.63, 3.8) is 0 Å². The number of hydrogen-bond donors (Lipinski definition) is 1.